The van der Waals surface area contributed by atoms with E-state index >= 15 is 0 Å². The third-order valence-corrected chi connectivity index (χ3v) is 4.19. The average Bonchev–Trinajstić information content (AvgIpc) is 3.01. The van der Waals surface area contributed by atoms with E-state index in [0.29, 0.717) is 5.25 Å². The van der Waals surface area contributed by atoms with E-state index in [0.717, 1.165) is 28.6 Å². The van der Waals surface area contributed by atoms with Crippen molar-refractivity contribution < 1.29 is 0 Å². The van der Waals surface area contributed by atoms with Crippen molar-refractivity contribution in [3.05, 3.63) is 30.5 Å². The highest BCUT2D eigenvalue weighted by atomic mass is 32.2. The van der Waals surface area contributed by atoms with Gasteiger partial charge in [0.2, 0.25) is 0 Å². The minimum absolute atomic E-state index is 0.500. The Bertz CT molecular complexity index is 726. The molecule has 1 aromatic carbocycles. The molecule has 3 rings (SSSR count). The Morgan fingerprint density at radius 2 is 2.05 bits per heavy atom. The molecule has 20 heavy (non-hydrogen) atoms. The first-order chi connectivity index (χ1) is 9.70. The number of rotatable bonds is 4. The van der Waals surface area contributed by atoms with Gasteiger partial charge in [-0.15, -0.1) is 10.2 Å². The Morgan fingerprint density at radius 3 is 2.80 bits per heavy atom. The van der Waals surface area contributed by atoms with Crippen molar-refractivity contribution in [1.29, 1.82) is 0 Å². The molecule has 0 saturated heterocycles. The lowest BCUT2D eigenvalue weighted by atomic mass is 10.1. The Labute approximate surface area is 122 Å². The number of nitrogens with zero attached hydrogens (tertiary/aromatic N) is 3. The molecule has 0 aliphatic heterocycles. The molecule has 0 fully saturated rings. The molecule has 0 unspecified atom stereocenters. The van der Waals surface area contributed by atoms with Crippen LogP contribution in [0.2, 0.25) is 0 Å². The lowest BCUT2D eigenvalue weighted by Gasteiger charge is -2.08. The van der Waals surface area contributed by atoms with Crippen molar-refractivity contribution in [1.82, 2.24) is 19.7 Å². The number of H-pyrrole nitrogens is 1. The van der Waals surface area contributed by atoms with Gasteiger partial charge in [0.05, 0.1) is 0 Å². The van der Waals surface area contributed by atoms with E-state index in [2.05, 4.69) is 58.7 Å². The van der Waals surface area contributed by atoms with Crippen LogP contribution in [0.15, 0.2) is 35.6 Å². The van der Waals surface area contributed by atoms with E-state index in [9.17, 15) is 0 Å². The quantitative estimate of drug-likeness (QED) is 0.739. The van der Waals surface area contributed by atoms with Gasteiger partial charge in [-0.05, 0) is 13.0 Å². The maximum Gasteiger partial charge on any atom is 0.191 e. The molecule has 2 heterocycles. The minimum Gasteiger partial charge on any atom is -0.360 e. The molecule has 1 N–H and O–H groups in total. The van der Waals surface area contributed by atoms with Gasteiger partial charge >= 0.3 is 0 Å². The maximum absolute atomic E-state index is 4.40. The van der Waals surface area contributed by atoms with E-state index in [4.69, 9.17) is 0 Å². The SMILES string of the molecule is CCn1c(SC(C)C)nnc1-c1c[nH]c2ccccc12. The standard InChI is InChI=1S/C15H18N4S/c1-4-19-14(17-18-15(19)20-10(2)3)12-9-16-13-8-6-5-7-11(12)13/h5-10,16H,4H2,1-3H3. The summed E-state index contributed by atoms with van der Waals surface area (Å²) < 4.78 is 2.18. The van der Waals surface area contributed by atoms with Crippen LogP contribution in [0.5, 0.6) is 0 Å². The molecule has 0 atom stereocenters. The second kappa shape index (κ2) is 5.32. The number of para-hydroxylation sites is 1. The Kier molecular flexibility index (Phi) is 3.53. The fraction of sp³-hybridized carbons (Fsp3) is 0.333. The van der Waals surface area contributed by atoms with Gasteiger partial charge in [0.15, 0.2) is 11.0 Å². The molecule has 5 heteroatoms. The third kappa shape index (κ3) is 2.22. The molecule has 0 spiro atoms. The topological polar surface area (TPSA) is 46.5 Å². The molecular weight excluding hydrogens is 268 g/mol. The highest BCUT2D eigenvalue weighted by Gasteiger charge is 2.16. The van der Waals surface area contributed by atoms with E-state index in [1.807, 2.05) is 12.3 Å². The lowest BCUT2D eigenvalue weighted by Crippen LogP contribution is -2.01. The van der Waals surface area contributed by atoms with Crippen LogP contribution in [-0.4, -0.2) is 25.0 Å². The van der Waals surface area contributed by atoms with Crippen molar-refractivity contribution in [2.75, 3.05) is 0 Å². The van der Waals surface area contributed by atoms with E-state index in [1.165, 1.54) is 5.39 Å². The minimum atomic E-state index is 0.500. The number of hydrogen-bond acceptors (Lipinski definition) is 3. The normalized spacial score (nSPS) is 11.6. The van der Waals surface area contributed by atoms with Gasteiger partial charge in [-0.3, -0.25) is 0 Å². The number of hydrogen-bond donors (Lipinski definition) is 1. The summed E-state index contributed by atoms with van der Waals surface area (Å²) in [6.45, 7) is 7.35. The summed E-state index contributed by atoms with van der Waals surface area (Å²) in [4.78, 5) is 3.30. The number of fused-ring (bicyclic) bond motifs is 1. The molecule has 3 aromatic rings. The molecule has 0 radical (unpaired) electrons. The number of aromatic nitrogens is 4. The zero-order chi connectivity index (χ0) is 14.1. The molecule has 0 aliphatic rings. The molecule has 0 aliphatic carbocycles. The van der Waals surface area contributed by atoms with Gasteiger partial charge in [0.1, 0.15) is 0 Å². The Hall–Kier alpha value is -1.75. The summed E-state index contributed by atoms with van der Waals surface area (Å²) in [5.74, 6) is 0.938. The molecule has 4 nitrogen and oxygen atoms in total. The van der Waals surface area contributed by atoms with Crippen molar-refractivity contribution in [2.24, 2.45) is 0 Å². The second-order valence-electron chi connectivity index (χ2n) is 4.96. The van der Waals surface area contributed by atoms with Crippen LogP contribution < -0.4 is 0 Å². The van der Waals surface area contributed by atoms with Gasteiger partial charge in [-0.2, -0.15) is 0 Å². The van der Waals surface area contributed by atoms with E-state index in [1.54, 1.807) is 11.8 Å². The monoisotopic (exact) mass is 286 g/mol. The van der Waals surface area contributed by atoms with Crippen LogP contribution in [0.3, 0.4) is 0 Å². The van der Waals surface area contributed by atoms with Crippen molar-refractivity contribution >= 4 is 22.7 Å². The molecule has 0 bridgehead atoms. The van der Waals surface area contributed by atoms with Crippen molar-refractivity contribution in [2.45, 2.75) is 37.7 Å². The lowest BCUT2D eigenvalue weighted by molar-refractivity contribution is 0.686. The van der Waals surface area contributed by atoms with Gasteiger partial charge in [0, 0.05) is 34.5 Å². The van der Waals surface area contributed by atoms with Gasteiger partial charge < -0.3 is 9.55 Å². The average molecular weight is 286 g/mol. The fourth-order valence-corrected chi connectivity index (χ4v) is 3.18. The molecule has 0 saturated carbocycles. The zero-order valence-electron chi connectivity index (χ0n) is 11.9. The van der Waals surface area contributed by atoms with Crippen LogP contribution in [0.25, 0.3) is 22.3 Å². The van der Waals surface area contributed by atoms with Gasteiger partial charge in [-0.1, -0.05) is 43.8 Å². The molecule has 2 aromatic heterocycles. The number of aromatic amines is 1. The number of thioether (sulfide) groups is 1. The maximum atomic E-state index is 4.40. The molecular formula is C15H18N4S. The molecule has 0 amide bonds. The number of benzene rings is 1. The Balaban J connectivity index is 2.12. The Morgan fingerprint density at radius 1 is 1.25 bits per heavy atom. The smallest absolute Gasteiger partial charge is 0.191 e. The predicted molar refractivity (Wildman–Crippen MR) is 84.0 cm³/mol. The van der Waals surface area contributed by atoms with Crippen molar-refractivity contribution in [3.8, 4) is 11.4 Å². The highest BCUT2D eigenvalue weighted by Crippen LogP contribution is 2.30. The third-order valence-electron chi connectivity index (χ3n) is 3.20. The first-order valence-electron chi connectivity index (χ1n) is 6.87. The van der Waals surface area contributed by atoms with Crippen LogP contribution >= 0.6 is 11.8 Å². The number of nitrogens with one attached hydrogen (secondary N) is 1. The van der Waals surface area contributed by atoms with E-state index in [-0.39, 0.29) is 0 Å². The highest BCUT2D eigenvalue weighted by molar-refractivity contribution is 7.99. The van der Waals surface area contributed by atoms with Crippen molar-refractivity contribution in [3.63, 3.8) is 0 Å². The molecule has 104 valence electrons. The summed E-state index contributed by atoms with van der Waals surface area (Å²) in [6, 6.07) is 8.28. The van der Waals surface area contributed by atoms with Gasteiger partial charge in [0.25, 0.3) is 0 Å². The summed E-state index contributed by atoms with van der Waals surface area (Å²) in [6.07, 6.45) is 2.02. The van der Waals surface area contributed by atoms with Crippen LogP contribution in [0.1, 0.15) is 20.8 Å². The zero-order valence-corrected chi connectivity index (χ0v) is 12.7. The summed E-state index contributed by atoms with van der Waals surface area (Å²) >= 11 is 1.75. The largest absolute Gasteiger partial charge is 0.360 e. The van der Waals surface area contributed by atoms with Gasteiger partial charge in [-0.25, -0.2) is 0 Å². The van der Waals surface area contributed by atoms with E-state index < -0.39 is 0 Å². The first kappa shape index (κ1) is 13.2. The van der Waals surface area contributed by atoms with Crippen LogP contribution in [0, 0.1) is 0 Å². The van der Waals surface area contributed by atoms with Crippen LogP contribution in [-0.2, 0) is 6.54 Å². The summed E-state index contributed by atoms with van der Waals surface area (Å²) in [5, 5.41) is 11.4. The second-order valence-corrected chi connectivity index (χ2v) is 6.51. The summed E-state index contributed by atoms with van der Waals surface area (Å²) in [5.41, 5.74) is 2.25. The van der Waals surface area contributed by atoms with Crippen LogP contribution in [0.4, 0.5) is 0 Å². The first-order valence-corrected chi connectivity index (χ1v) is 7.75. The predicted octanol–water partition coefficient (Wildman–Crippen LogP) is 3.95. The fourth-order valence-electron chi connectivity index (χ4n) is 2.33. The summed E-state index contributed by atoms with van der Waals surface area (Å²) in [7, 11) is 0.